The van der Waals surface area contributed by atoms with Gasteiger partial charge in [-0.15, -0.1) is 0 Å². The molecule has 8 heteroatoms. The van der Waals surface area contributed by atoms with Gasteiger partial charge in [-0.1, -0.05) is 30.3 Å². The van der Waals surface area contributed by atoms with Crippen LogP contribution in [0.25, 0.3) is 11.0 Å². The van der Waals surface area contributed by atoms with Crippen molar-refractivity contribution in [2.24, 2.45) is 0 Å². The number of hydrogen-bond acceptors (Lipinski definition) is 7. The highest BCUT2D eigenvalue weighted by molar-refractivity contribution is 5.85. The summed E-state index contributed by atoms with van der Waals surface area (Å²) < 4.78 is 15.7. The van der Waals surface area contributed by atoms with Gasteiger partial charge in [-0.05, 0) is 53.9 Å². The average molecular weight is 490 g/mol. The van der Waals surface area contributed by atoms with E-state index in [1.807, 2.05) is 24.3 Å². The predicted octanol–water partition coefficient (Wildman–Crippen LogP) is 4.10. The molecule has 3 aromatic carbocycles. The van der Waals surface area contributed by atoms with E-state index < -0.39 is 11.5 Å². The van der Waals surface area contributed by atoms with E-state index in [1.165, 1.54) is 13.2 Å². The predicted molar refractivity (Wildman–Crippen MR) is 135 cm³/mol. The first kappa shape index (κ1) is 24.7. The summed E-state index contributed by atoms with van der Waals surface area (Å²) >= 11 is 0. The van der Waals surface area contributed by atoms with Crippen LogP contribution in [0, 0.1) is 0 Å². The highest BCUT2D eigenvalue weighted by atomic mass is 16.5. The maximum Gasteiger partial charge on any atom is 0.343 e. The molecule has 0 fully saturated rings. The van der Waals surface area contributed by atoms with Crippen LogP contribution in [0.4, 0.5) is 0 Å². The van der Waals surface area contributed by atoms with Gasteiger partial charge in [0.2, 0.25) is 5.91 Å². The van der Waals surface area contributed by atoms with Crippen molar-refractivity contribution in [3.8, 4) is 23.0 Å². The van der Waals surface area contributed by atoms with Gasteiger partial charge in [-0.2, -0.15) is 0 Å². The molecule has 186 valence electrons. The van der Waals surface area contributed by atoms with Crippen LogP contribution < -0.4 is 20.4 Å². The van der Waals surface area contributed by atoms with Crippen LogP contribution in [0.2, 0.25) is 0 Å². The zero-order valence-electron chi connectivity index (χ0n) is 20.0. The number of benzene rings is 3. The van der Waals surface area contributed by atoms with Crippen molar-refractivity contribution < 1.29 is 28.9 Å². The Labute approximate surface area is 207 Å². The Balaban J connectivity index is 1.61. The van der Waals surface area contributed by atoms with Crippen molar-refractivity contribution in [3.05, 3.63) is 93.8 Å². The summed E-state index contributed by atoms with van der Waals surface area (Å²) in [5.74, 6) is -0.601. The fourth-order valence-electron chi connectivity index (χ4n) is 4.16. The molecule has 0 aliphatic rings. The van der Waals surface area contributed by atoms with Crippen LogP contribution in [0.15, 0.2) is 75.9 Å². The number of rotatable bonds is 9. The third-order valence-electron chi connectivity index (χ3n) is 6.06. The van der Waals surface area contributed by atoms with Gasteiger partial charge < -0.3 is 29.4 Å². The van der Waals surface area contributed by atoms with Crippen molar-refractivity contribution in [2.75, 3.05) is 20.8 Å². The van der Waals surface area contributed by atoms with Crippen molar-refractivity contribution in [2.45, 2.75) is 18.8 Å². The number of carbonyl (C=O) groups excluding carboxylic acids is 1. The van der Waals surface area contributed by atoms with Gasteiger partial charge in [-0.3, -0.25) is 4.79 Å². The Hall–Kier alpha value is -4.46. The first-order chi connectivity index (χ1) is 17.4. The largest absolute Gasteiger partial charge is 0.507 e. The van der Waals surface area contributed by atoms with Crippen molar-refractivity contribution in [3.63, 3.8) is 0 Å². The second kappa shape index (κ2) is 10.9. The summed E-state index contributed by atoms with van der Waals surface area (Å²) in [7, 11) is 3.02. The molecule has 8 nitrogen and oxygen atoms in total. The molecular formula is C28H27NO7. The minimum Gasteiger partial charge on any atom is -0.507 e. The summed E-state index contributed by atoms with van der Waals surface area (Å²) in [6.45, 7) is 0.379. The molecule has 0 unspecified atom stereocenters. The number of phenolic OH excluding ortho intramolecular Hbond substituents is 1. The number of nitrogens with one attached hydrogen (secondary N) is 1. The number of para-hydroxylation sites is 1. The Morgan fingerprint density at radius 2 is 1.75 bits per heavy atom. The molecular weight excluding hydrogens is 462 g/mol. The molecule has 0 aliphatic heterocycles. The Morgan fingerprint density at radius 3 is 2.44 bits per heavy atom. The van der Waals surface area contributed by atoms with E-state index in [1.54, 1.807) is 43.5 Å². The summed E-state index contributed by atoms with van der Waals surface area (Å²) in [4.78, 5) is 25.9. The van der Waals surface area contributed by atoms with Crippen LogP contribution in [0.5, 0.6) is 23.0 Å². The lowest BCUT2D eigenvalue weighted by molar-refractivity contribution is -0.121. The lowest BCUT2D eigenvalue weighted by atomic mass is 9.87. The SMILES string of the molecule is COc1ccc(CCNC(=O)C[C@H](c2ccc(OC)c(O)c2)c2c(O)c3ccccc3oc2=O)cc1. The molecule has 0 saturated heterocycles. The molecule has 1 heterocycles. The van der Waals surface area contributed by atoms with Gasteiger partial charge in [-0.25, -0.2) is 4.79 Å². The van der Waals surface area contributed by atoms with Gasteiger partial charge in [0.15, 0.2) is 11.5 Å². The lowest BCUT2D eigenvalue weighted by Crippen LogP contribution is -2.28. The maximum absolute atomic E-state index is 13.0. The third-order valence-corrected chi connectivity index (χ3v) is 6.06. The summed E-state index contributed by atoms with van der Waals surface area (Å²) in [5.41, 5.74) is 0.919. The molecule has 0 radical (unpaired) electrons. The molecule has 4 aromatic rings. The van der Waals surface area contributed by atoms with E-state index in [4.69, 9.17) is 13.9 Å². The first-order valence-corrected chi connectivity index (χ1v) is 11.4. The molecule has 0 bridgehead atoms. The highest BCUT2D eigenvalue weighted by Gasteiger charge is 2.27. The number of aromatic hydroxyl groups is 2. The second-order valence-electron chi connectivity index (χ2n) is 8.28. The summed E-state index contributed by atoms with van der Waals surface area (Å²) in [6, 6.07) is 18.8. The Morgan fingerprint density at radius 1 is 1.00 bits per heavy atom. The topological polar surface area (TPSA) is 118 Å². The molecule has 36 heavy (non-hydrogen) atoms. The van der Waals surface area contributed by atoms with Gasteiger partial charge in [0.1, 0.15) is 17.1 Å². The Kier molecular flexibility index (Phi) is 7.44. The van der Waals surface area contributed by atoms with Crippen LogP contribution in [-0.2, 0) is 11.2 Å². The number of amides is 1. The molecule has 0 saturated carbocycles. The number of methoxy groups -OCH3 is 2. The van der Waals surface area contributed by atoms with E-state index in [2.05, 4.69) is 5.32 Å². The quantitative estimate of drug-likeness (QED) is 0.303. The lowest BCUT2D eigenvalue weighted by Gasteiger charge is -2.19. The number of carbonyl (C=O) groups is 1. The third kappa shape index (κ3) is 5.27. The van der Waals surface area contributed by atoms with Gasteiger partial charge in [0.25, 0.3) is 0 Å². The molecule has 1 aromatic heterocycles. The zero-order chi connectivity index (χ0) is 25.7. The number of fused-ring (bicyclic) bond motifs is 1. The second-order valence-corrected chi connectivity index (χ2v) is 8.28. The van der Waals surface area contributed by atoms with Crippen LogP contribution in [0.3, 0.4) is 0 Å². The number of hydrogen-bond donors (Lipinski definition) is 3. The monoisotopic (exact) mass is 489 g/mol. The minimum absolute atomic E-state index is 0.0522. The van der Waals surface area contributed by atoms with Crippen molar-refractivity contribution in [1.82, 2.24) is 5.32 Å². The van der Waals surface area contributed by atoms with Crippen LogP contribution in [-0.4, -0.2) is 36.9 Å². The normalized spacial score (nSPS) is 11.7. The molecule has 0 spiro atoms. The van der Waals surface area contributed by atoms with Crippen molar-refractivity contribution >= 4 is 16.9 Å². The molecule has 0 aliphatic carbocycles. The fraction of sp³-hybridized carbons (Fsp3) is 0.214. The zero-order valence-corrected chi connectivity index (χ0v) is 20.0. The van der Waals surface area contributed by atoms with E-state index >= 15 is 0 Å². The van der Waals surface area contributed by atoms with E-state index in [0.717, 1.165) is 11.3 Å². The maximum atomic E-state index is 13.0. The van der Waals surface area contributed by atoms with E-state index in [9.17, 15) is 19.8 Å². The van der Waals surface area contributed by atoms with E-state index in [0.29, 0.717) is 23.9 Å². The molecule has 1 amide bonds. The van der Waals surface area contributed by atoms with Gasteiger partial charge in [0.05, 0.1) is 25.2 Å². The van der Waals surface area contributed by atoms with Gasteiger partial charge in [0, 0.05) is 18.9 Å². The molecule has 3 N–H and O–H groups in total. The number of ether oxygens (including phenoxy) is 2. The fourth-order valence-corrected chi connectivity index (χ4v) is 4.16. The molecule has 4 rings (SSSR count). The van der Waals surface area contributed by atoms with Gasteiger partial charge >= 0.3 is 5.63 Å². The smallest absolute Gasteiger partial charge is 0.343 e. The standard InChI is InChI=1S/C28H27NO7/c1-34-19-10-7-17(8-11-19)13-14-29-25(31)16-21(18-9-12-24(35-2)22(30)15-18)26-27(32)20-5-3-4-6-23(20)36-28(26)33/h3-12,15,21,30,32H,13-14,16H2,1-2H3,(H,29,31)/t21-/m1/s1. The van der Waals surface area contributed by atoms with Crippen LogP contribution >= 0.6 is 0 Å². The molecule has 1 atom stereocenters. The van der Waals surface area contributed by atoms with Crippen molar-refractivity contribution in [1.29, 1.82) is 0 Å². The number of phenols is 1. The van der Waals surface area contributed by atoms with Crippen LogP contribution in [0.1, 0.15) is 29.0 Å². The highest BCUT2D eigenvalue weighted by Crippen LogP contribution is 2.38. The summed E-state index contributed by atoms with van der Waals surface area (Å²) in [5, 5.41) is 24.6. The summed E-state index contributed by atoms with van der Waals surface area (Å²) in [6.07, 6.45) is 0.456. The minimum atomic E-state index is -0.872. The average Bonchev–Trinajstić information content (AvgIpc) is 2.88. The van der Waals surface area contributed by atoms with E-state index in [-0.39, 0.29) is 40.7 Å². The Bertz CT molecular complexity index is 1430. The first-order valence-electron chi connectivity index (χ1n) is 11.4.